The quantitative estimate of drug-likeness (QED) is 0.716. The summed E-state index contributed by atoms with van der Waals surface area (Å²) >= 11 is 0. The molecule has 1 amide bonds. The van der Waals surface area contributed by atoms with Gasteiger partial charge in [0.2, 0.25) is 5.91 Å². The molecule has 0 heterocycles. The first-order chi connectivity index (χ1) is 9.70. The van der Waals surface area contributed by atoms with Gasteiger partial charge in [-0.25, -0.2) is 0 Å². The molecule has 1 aromatic carbocycles. The first-order valence-corrected chi connectivity index (χ1v) is 7.11. The number of aryl methyl sites for hydroxylation is 1. The smallest absolute Gasteiger partial charge is 0.307 e. The third-order valence-corrected chi connectivity index (χ3v) is 3.56. The van der Waals surface area contributed by atoms with Gasteiger partial charge in [-0.2, -0.15) is 0 Å². The van der Waals surface area contributed by atoms with Crippen LogP contribution in [0.25, 0.3) is 0 Å². The summed E-state index contributed by atoms with van der Waals surface area (Å²) in [5, 5.41) is 0. The zero-order chi connectivity index (χ0) is 14.4. The first-order valence-electron chi connectivity index (χ1n) is 7.11. The number of esters is 1. The monoisotopic (exact) mass is 275 g/mol. The third-order valence-electron chi connectivity index (χ3n) is 3.56. The Morgan fingerprint density at radius 1 is 1.20 bits per heavy atom. The Labute approximate surface area is 119 Å². The van der Waals surface area contributed by atoms with E-state index >= 15 is 0 Å². The number of benzene rings is 1. The van der Waals surface area contributed by atoms with Crippen molar-refractivity contribution in [3.8, 4) is 0 Å². The molecule has 0 saturated heterocycles. The SMILES string of the molecule is COC(=O)CCN(C(=O)CCc1ccccc1)C1CC1. The second kappa shape index (κ2) is 7.08. The summed E-state index contributed by atoms with van der Waals surface area (Å²) in [5.41, 5.74) is 1.17. The van der Waals surface area contributed by atoms with Gasteiger partial charge in [0.15, 0.2) is 0 Å². The van der Waals surface area contributed by atoms with E-state index in [0.717, 1.165) is 19.3 Å². The minimum absolute atomic E-state index is 0.139. The molecule has 0 spiro atoms. The zero-order valence-corrected chi connectivity index (χ0v) is 11.9. The molecule has 0 aliphatic heterocycles. The molecule has 4 nitrogen and oxygen atoms in total. The van der Waals surface area contributed by atoms with Crippen molar-refractivity contribution < 1.29 is 14.3 Å². The summed E-state index contributed by atoms with van der Waals surface area (Å²) in [4.78, 5) is 25.3. The van der Waals surface area contributed by atoms with E-state index < -0.39 is 0 Å². The third kappa shape index (κ3) is 4.37. The number of amides is 1. The van der Waals surface area contributed by atoms with Gasteiger partial charge in [-0.15, -0.1) is 0 Å². The largest absolute Gasteiger partial charge is 0.469 e. The van der Waals surface area contributed by atoms with Crippen molar-refractivity contribution in [1.29, 1.82) is 0 Å². The molecule has 0 aromatic heterocycles. The second-order valence-corrected chi connectivity index (χ2v) is 5.13. The van der Waals surface area contributed by atoms with E-state index in [0.29, 0.717) is 19.0 Å². The number of carbonyl (C=O) groups excluding carboxylic acids is 2. The number of hydrogen-bond acceptors (Lipinski definition) is 3. The molecule has 1 fully saturated rings. The lowest BCUT2D eigenvalue weighted by Gasteiger charge is -2.22. The summed E-state index contributed by atoms with van der Waals surface area (Å²) in [6, 6.07) is 10.3. The van der Waals surface area contributed by atoms with Gasteiger partial charge in [0.05, 0.1) is 13.5 Å². The Kier molecular flexibility index (Phi) is 5.16. The van der Waals surface area contributed by atoms with Crippen molar-refractivity contribution in [2.45, 2.75) is 38.1 Å². The van der Waals surface area contributed by atoms with Crippen LogP contribution >= 0.6 is 0 Å². The number of carbonyl (C=O) groups is 2. The Morgan fingerprint density at radius 3 is 2.50 bits per heavy atom. The molecule has 1 saturated carbocycles. The molecule has 1 aliphatic rings. The summed E-state index contributed by atoms with van der Waals surface area (Å²) < 4.78 is 4.63. The highest BCUT2D eigenvalue weighted by atomic mass is 16.5. The van der Waals surface area contributed by atoms with Crippen molar-refractivity contribution in [3.63, 3.8) is 0 Å². The number of hydrogen-bond donors (Lipinski definition) is 0. The van der Waals surface area contributed by atoms with E-state index in [4.69, 9.17) is 0 Å². The molecule has 1 aliphatic carbocycles. The van der Waals surface area contributed by atoms with Gasteiger partial charge >= 0.3 is 5.97 Å². The molecule has 0 N–H and O–H groups in total. The van der Waals surface area contributed by atoms with E-state index in [1.807, 2.05) is 35.2 Å². The Morgan fingerprint density at radius 2 is 1.90 bits per heavy atom. The molecule has 0 radical (unpaired) electrons. The van der Waals surface area contributed by atoms with Gasteiger partial charge < -0.3 is 9.64 Å². The molecule has 1 aromatic rings. The molecule has 20 heavy (non-hydrogen) atoms. The van der Waals surface area contributed by atoms with E-state index in [9.17, 15) is 9.59 Å². The number of ether oxygens (including phenoxy) is 1. The lowest BCUT2D eigenvalue weighted by molar-refractivity contribution is -0.141. The van der Waals surface area contributed by atoms with Crippen LogP contribution in [0.2, 0.25) is 0 Å². The average Bonchev–Trinajstić information content (AvgIpc) is 3.31. The topological polar surface area (TPSA) is 46.6 Å². The minimum Gasteiger partial charge on any atom is -0.469 e. The van der Waals surface area contributed by atoms with Gasteiger partial charge in [0, 0.05) is 19.0 Å². The van der Waals surface area contributed by atoms with Gasteiger partial charge in [-0.05, 0) is 24.8 Å². The van der Waals surface area contributed by atoms with Crippen LogP contribution < -0.4 is 0 Å². The van der Waals surface area contributed by atoms with E-state index in [-0.39, 0.29) is 18.3 Å². The lowest BCUT2D eigenvalue weighted by atomic mass is 10.1. The van der Waals surface area contributed by atoms with Crippen LogP contribution in [0.5, 0.6) is 0 Å². The second-order valence-electron chi connectivity index (χ2n) is 5.13. The number of methoxy groups -OCH3 is 1. The molecule has 0 bridgehead atoms. The summed E-state index contributed by atoms with van der Waals surface area (Å²) in [6.07, 6.45) is 3.64. The van der Waals surface area contributed by atoms with E-state index in [1.165, 1.54) is 12.7 Å². The molecule has 2 rings (SSSR count). The maximum absolute atomic E-state index is 12.3. The Hall–Kier alpha value is -1.84. The summed E-state index contributed by atoms with van der Waals surface area (Å²) in [5.74, 6) is -0.119. The molecular formula is C16H21NO3. The fourth-order valence-corrected chi connectivity index (χ4v) is 2.25. The normalized spacial score (nSPS) is 13.8. The van der Waals surface area contributed by atoms with Crippen LogP contribution in [-0.2, 0) is 20.7 Å². The minimum atomic E-state index is -0.258. The maximum Gasteiger partial charge on any atom is 0.307 e. The van der Waals surface area contributed by atoms with Crippen molar-refractivity contribution in [2.24, 2.45) is 0 Å². The van der Waals surface area contributed by atoms with Crippen molar-refractivity contribution in [2.75, 3.05) is 13.7 Å². The highest BCUT2D eigenvalue weighted by molar-refractivity contribution is 5.78. The van der Waals surface area contributed by atoms with Gasteiger partial charge in [0.1, 0.15) is 0 Å². The number of rotatable bonds is 7. The summed E-state index contributed by atoms with van der Waals surface area (Å²) in [6.45, 7) is 0.477. The standard InChI is InChI=1S/C16H21NO3/c1-20-16(19)11-12-17(14-8-9-14)15(18)10-7-13-5-3-2-4-6-13/h2-6,14H,7-12H2,1H3. The van der Waals surface area contributed by atoms with Gasteiger partial charge in [-0.3, -0.25) is 9.59 Å². The summed E-state index contributed by atoms with van der Waals surface area (Å²) in [7, 11) is 1.38. The molecule has 0 atom stereocenters. The molecule has 108 valence electrons. The van der Waals surface area contributed by atoms with Crippen LogP contribution in [0.3, 0.4) is 0 Å². The maximum atomic E-state index is 12.3. The van der Waals surface area contributed by atoms with Crippen molar-refractivity contribution in [3.05, 3.63) is 35.9 Å². The Bertz CT molecular complexity index is 454. The van der Waals surface area contributed by atoms with Crippen molar-refractivity contribution >= 4 is 11.9 Å². The van der Waals surface area contributed by atoms with Crippen molar-refractivity contribution in [1.82, 2.24) is 4.90 Å². The predicted molar refractivity (Wildman–Crippen MR) is 76.1 cm³/mol. The molecule has 4 heteroatoms. The molecule has 0 unspecified atom stereocenters. The van der Waals surface area contributed by atoms with Crippen LogP contribution in [0.15, 0.2) is 30.3 Å². The zero-order valence-electron chi connectivity index (χ0n) is 11.9. The van der Waals surface area contributed by atoms with Crippen LogP contribution in [0.1, 0.15) is 31.2 Å². The van der Waals surface area contributed by atoms with Crippen LogP contribution in [0, 0.1) is 0 Å². The van der Waals surface area contributed by atoms with E-state index in [2.05, 4.69) is 4.74 Å². The fraction of sp³-hybridized carbons (Fsp3) is 0.500. The average molecular weight is 275 g/mol. The first kappa shape index (κ1) is 14.6. The fourth-order valence-electron chi connectivity index (χ4n) is 2.25. The number of nitrogens with zero attached hydrogens (tertiary/aromatic N) is 1. The van der Waals surface area contributed by atoms with Gasteiger partial charge in [0.25, 0.3) is 0 Å². The van der Waals surface area contributed by atoms with Crippen LogP contribution in [0.4, 0.5) is 0 Å². The van der Waals surface area contributed by atoms with Crippen LogP contribution in [-0.4, -0.2) is 36.5 Å². The van der Waals surface area contributed by atoms with E-state index in [1.54, 1.807) is 0 Å². The molecular weight excluding hydrogens is 254 g/mol. The van der Waals surface area contributed by atoms with Gasteiger partial charge in [-0.1, -0.05) is 30.3 Å². The Balaban J connectivity index is 1.82. The lowest BCUT2D eigenvalue weighted by Crippen LogP contribution is -2.35. The predicted octanol–water partition coefficient (Wildman–Crippen LogP) is 2.17. The highest BCUT2D eigenvalue weighted by Crippen LogP contribution is 2.27. The highest BCUT2D eigenvalue weighted by Gasteiger charge is 2.32.